The molecule has 0 saturated carbocycles. The molecule has 132 valence electrons. The molecule has 1 aromatic carbocycles. The van der Waals surface area contributed by atoms with Crippen molar-refractivity contribution in [3.63, 3.8) is 0 Å². The van der Waals surface area contributed by atoms with Gasteiger partial charge in [0.2, 0.25) is 0 Å². The largest absolute Gasteiger partial charge is 0.207 e. The van der Waals surface area contributed by atoms with Crippen LogP contribution in [0.3, 0.4) is 0 Å². The Kier molecular flexibility index (Phi) is 13.4. The van der Waals surface area contributed by atoms with Crippen molar-refractivity contribution in [2.75, 3.05) is 11.5 Å². The first-order valence-corrected chi connectivity index (χ1v) is 10.8. The Morgan fingerprint density at radius 2 is 1.35 bits per heavy atom. The minimum absolute atomic E-state index is 0.105. The van der Waals surface area contributed by atoms with Crippen LogP contribution in [0.5, 0.6) is 0 Å². The SMILES string of the molecule is CCSCCCCCCCCCCCCCc1cccc(F)c1. The van der Waals surface area contributed by atoms with Crippen molar-refractivity contribution in [3.05, 3.63) is 35.6 Å². The van der Waals surface area contributed by atoms with E-state index in [1.807, 2.05) is 12.1 Å². The van der Waals surface area contributed by atoms with Gasteiger partial charge < -0.3 is 0 Å². The molecule has 0 atom stereocenters. The molecule has 0 heterocycles. The first-order valence-electron chi connectivity index (χ1n) is 9.65. The minimum atomic E-state index is -0.105. The first kappa shape index (κ1) is 20.5. The third kappa shape index (κ3) is 12.6. The lowest BCUT2D eigenvalue weighted by atomic mass is 10.0. The van der Waals surface area contributed by atoms with Crippen LogP contribution in [-0.2, 0) is 6.42 Å². The van der Waals surface area contributed by atoms with Crippen LogP contribution < -0.4 is 0 Å². The number of benzene rings is 1. The fraction of sp³-hybridized carbons (Fsp3) is 0.714. The molecule has 0 spiro atoms. The summed E-state index contributed by atoms with van der Waals surface area (Å²) in [6.07, 6.45) is 16.1. The lowest BCUT2D eigenvalue weighted by Gasteiger charge is -2.04. The van der Waals surface area contributed by atoms with E-state index in [-0.39, 0.29) is 5.82 Å². The third-order valence-corrected chi connectivity index (χ3v) is 5.33. The molecule has 0 nitrogen and oxygen atoms in total. The molecule has 0 aromatic heterocycles. The second-order valence-electron chi connectivity index (χ2n) is 6.47. The van der Waals surface area contributed by atoms with E-state index in [2.05, 4.69) is 18.7 Å². The summed E-state index contributed by atoms with van der Waals surface area (Å²) >= 11 is 2.07. The molecule has 0 N–H and O–H groups in total. The van der Waals surface area contributed by atoms with Gasteiger partial charge in [0.15, 0.2) is 0 Å². The van der Waals surface area contributed by atoms with Crippen LogP contribution in [0.2, 0.25) is 0 Å². The average Bonchev–Trinajstić information content (AvgIpc) is 2.55. The molecule has 0 fully saturated rings. The number of thioether (sulfide) groups is 1. The van der Waals surface area contributed by atoms with Crippen molar-refractivity contribution >= 4 is 11.8 Å². The molecule has 23 heavy (non-hydrogen) atoms. The lowest BCUT2D eigenvalue weighted by Crippen LogP contribution is -1.88. The summed E-state index contributed by atoms with van der Waals surface area (Å²) in [5.74, 6) is 2.51. The zero-order valence-electron chi connectivity index (χ0n) is 15.0. The summed E-state index contributed by atoms with van der Waals surface area (Å²) in [6, 6.07) is 7.03. The van der Waals surface area contributed by atoms with E-state index in [0.717, 1.165) is 12.0 Å². The van der Waals surface area contributed by atoms with Crippen LogP contribution in [0.15, 0.2) is 24.3 Å². The number of aryl methyl sites for hydroxylation is 1. The zero-order chi connectivity index (χ0) is 16.6. The Morgan fingerprint density at radius 1 is 0.783 bits per heavy atom. The second-order valence-corrected chi connectivity index (χ2v) is 7.86. The molecule has 2 heteroatoms. The van der Waals surface area contributed by atoms with Gasteiger partial charge in [-0.15, -0.1) is 0 Å². The van der Waals surface area contributed by atoms with E-state index in [0.29, 0.717) is 0 Å². The fourth-order valence-electron chi connectivity index (χ4n) is 2.96. The Bertz CT molecular complexity index is 378. The Balaban J connectivity index is 1.78. The zero-order valence-corrected chi connectivity index (χ0v) is 15.8. The predicted molar refractivity (Wildman–Crippen MR) is 104 cm³/mol. The van der Waals surface area contributed by atoms with Crippen molar-refractivity contribution in [2.45, 2.75) is 84.0 Å². The number of rotatable bonds is 15. The molecule has 0 radical (unpaired) electrons. The summed E-state index contributed by atoms with van der Waals surface area (Å²) < 4.78 is 13.0. The number of hydrogen-bond acceptors (Lipinski definition) is 1. The molecule has 0 aliphatic rings. The second kappa shape index (κ2) is 15.1. The Morgan fingerprint density at radius 3 is 1.91 bits per heavy atom. The average molecular weight is 339 g/mol. The van der Waals surface area contributed by atoms with Crippen molar-refractivity contribution in [1.82, 2.24) is 0 Å². The quantitative estimate of drug-likeness (QED) is 0.300. The van der Waals surface area contributed by atoms with Crippen LogP contribution in [0, 0.1) is 5.82 Å². The van der Waals surface area contributed by atoms with Gasteiger partial charge in [-0.1, -0.05) is 76.8 Å². The maximum Gasteiger partial charge on any atom is 0.123 e. The number of unbranched alkanes of at least 4 members (excludes halogenated alkanes) is 10. The summed E-state index contributed by atoms with van der Waals surface area (Å²) in [4.78, 5) is 0. The topological polar surface area (TPSA) is 0 Å². The number of halogens is 1. The highest BCUT2D eigenvalue weighted by molar-refractivity contribution is 7.99. The highest BCUT2D eigenvalue weighted by atomic mass is 32.2. The maximum atomic E-state index is 13.0. The van der Waals surface area contributed by atoms with Gasteiger partial charge >= 0.3 is 0 Å². The fourth-order valence-corrected chi connectivity index (χ4v) is 3.66. The van der Waals surface area contributed by atoms with Crippen LogP contribution in [0.1, 0.15) is 83.1 Å². The van der Waals surface area contributed by atoms with E-state index in [1.54, 1.807) is 6.07 Å². The smallest absolute Gasteiger partial charge is 0.123 e. The third-order valence-electron chi connectivity index (χ3n) is 4.35. The predicted octanol–water partition coefficient (Wildman–Crippen LogP) is 7.41. The van der Waals surface area contributed by atoms with E-state index in [4.69, 9.17) is 0 Å². The van der Waals surface area contributed by atoms with Gasteiger partial charge in [0.25, 0.3) is 0 Å². The number of hydrogen-bond donors (Lipinski definition) is 0. The molecule has 0 bridgehead atoms. The van der Waals surface area contributed by atoms with Gasteiger partial charge in [0.05, 0.1) is 0 Å². The summed E-state index contributed by atoms with van der Waals surface area (Å²) in [5, 5.41) is 0. The van der Waals surface area contributed by atoms with Crippen LogP contribution in [-0.4, -0.2) is 11.5 Å². The van der Waals surface area contributed by atoms with E-state index in [9.17, 15) is 4.39 Å². The van der Waals surface area contributed by atoms with Gasteiger partial charge in [-0.05, 0) is 48.5 Å². The lowest BCUT2D eigenvalue weighted by molar-refractivity contribution is 0.549. The van der Waals surface area contributed by atoms with Crippen LogP contribution in [0.25, 0.3) is 0 Å². The van der Waals surface area contributed by atoms with E-state index >= 15 is 0 Å². The van der Waals surface area contributed by atoms with Gasteiger partial charge in [-0.3, -0.25) is 0 Å². The summed E-state index contributed by atoms with van der Waals surface area (Å²) in [6.45, 7) is 2.24. The van der Waals surface area contributed by atoms with Gasteiger partial charge in [0.1, 0.15) is 5.82 Å². The maximum absolute atomic E-state index is 13.0. The van der Waals surface area contributed by atoms with Gasteiger partial charge in [-0.25, -0.2) is 4.39 Å². The molecule has 0 unspecified atom stereocenters. The monoisotopic (exact) mass is 338 g/mol. The van der Waals surface area contributed by atoms with Crippen LogP contribution >= 0.6 is 11.8 Å². The molecule has 1 aromatic rings. The molecular formula is C21H35FS. The van der Waals surface area contributed by atoms with Gasteiger partial charge in [0, 0.05) is 0 Å². The van der Waals surface area contributed by atoms with Gasteiger partial charge in [-0.2, -0.15) is 11.8 Å². The Labute approximate surface area is 147 Å². The normalized spacial score (nSPS) is 11.0. The Hall–Kier alpha value is -0.500. The molecule has 0 aliphatic heterocycles. The van der Waals surface area contributed by atoms with E-state index in [1.165, 1.54) is 88.2 Å². The van der Waals surface area contributed by atoms with Crippen molar-refractivity contribution in [2.24, 2.45) is 0 Å². The molecule has 0 aliphatic carbocycles. The van der Waals surface area contributed by atoms with E-state index < -0.39 is 0 Å². The van der Waals surface area contributed by atoms with Crippen molar-refractivity contribution in [1.29, 1.82) is 0 Å². The standard InChI is InChI=1S/C21H35FS/c1-2-23-18-13-11-9-7-5-3-4-6-8-10-12-15-20-16-14-17-21(22)19-20/h14,16-17,19H,2-13,15,18H2,1H3. The van der Waals surface area contributed by atoms with Crippen molar-refractivity contribution < 1.29 is 4.39 Å². The first-order chi connectivity index (χ1) is 11.3. The highest BCUT2D eigenvalue weighted by Crippen LogP contribution is 2.14. The molecule has 0 saturated heterocycles. The molecule has 0 amide bonds. The highest BCUT2D eigenvalue weighted by Gasteiger charge is 1.97. The summed E-state index contributed by atoms with van der Waals surface area (Å²) in [5.41, 5.74) is 1.14. The minimum Gasteiger partial charge on any atom is -0.207 e. The molecular weight excluding hydrogens is 303 g/mol. The summed E-state index contributed by atoms with van der Waals surface area (Å²) in [7, 11) is 0. The van der Waals surface area contributed by atoms with Crippen LogP contribution in [0.4, 0.5) is 4.39 Å². The van der Waals surface area contributed by atoms with Crippen molar-refractivity contribution in [3.8, 4) is 0 Å². The molecule has 1 rings (SSSR count).